The lowest BCUT2D eigenvalue weighted by atomic mass is 9.87. The Kier molecular flexibility index (Phi) is 4.99. The van der Waals surface area contributed by atoms with E-state index in [1.54, 1.807) is 10.6 Å². The van der Waals surface area contributed by atoms with E-state index >= 15 is 0 Å². The molecule has 0 saturated heterocycles. The third kappa shape index (κ3) is 3.95. The second kappa shape index (κ2) is 7.47. The third-order valence-corrected chi connectivity index (χ3v) is 5.59. The minimum absolute atomic E-state index is 0.0162. The van der Waals surface area contributed by atoms with Gasteiger partial charge in [-0.1, -0.05) is 39.3 Å². The standard InChI is InChI=1S/C24H27N3O2/c1-24(2,3)17-10-8-16(9-11-17)22(28)25-18-12-13-20-19(15-18)23(29)27-14-6-4-5-7-21(27)26-20/h8-13,15H,4-7,14H2,1-3H3,(H,25,28). The summed E-state index contributed by atoms with van der Waals surface area (Å²) in [4.78, 5) is 30.3. The Labute approximate surface area is 170 Å². The van der Waals surface area contributed by atoms with Crippen molar-refractivity contribution in [1.29, 1.82) is 0 Å². The van der Waals surface area contributed by atoms with E-state index < -0.39 is 0 Å². The van der Waals surface area contributed by atoms with Crippen molar-refractivity contribution >= 4 is 22.5 Å². The van der Waals surface area contributed by atoms with Gasteiger partial charge in [-0.05, 0) is 54.2 Å². The van der Waals surface area contributed by atoms with Gasteiger partial charge in [0, 0.05) is 24.2 Å². The zero-order valence-corrected chi connectivity index (χ0v) is 17.3. The molecule has 0 atom stereocenters. The first-order chi connectivity index (χ1) is 13.8. The van der Waals surface area contributed by atoms with Crippen molar-refractivity contribution in [3.05, 3.63) is 69.8 Å². The number of hydrogen-bond donors (Lipinski definition) is 1. The first kappa shape index (κ1) is 19.4. The van der Waals surface area contributed by atoms with Crippen molar-refractivity contribution < 1.29 is 4.79 Å². The maximum atomic E-state index is 13.0. The molecule has 5 nitrogen and oxygen atoms in total. The van der Waals surface area contributed by atoms with Gasteiger partial charge in [0.25, 0.3) is 11.5 Å². The van der Waals surface area contributed by atoms with Crippen LogP contribution in [0.15, 0.2) is 47.3 Å². The summed E-state index contributed by atoms with van der Waals surface area (Å²) in [5, 5.41) is 3.47. The van der Waals surface area contributed by atoms with Crippen molar-refractivity contribution in [3.8, 4) is 0 Å². The Morgan fingerprint density at radius 2 is 1.79 bits per heavy atom. The minimum atomic E-state index is -0.187. The Bertz CT molecular complexity index is 1120. The average molecular weight is 389 g/mol. The summed E-state index contributed by atoms with van der Waals surface area (Å²) in [5.41, 5.74) is 3.10. The molecule has 0 fully saturated rings. The third-order valence-electron chi connectivity index (χ3n) is 5.59. The highest BCUT2D eigenvalue weighted by Crippen LogP contribution is 2.23. The van der Waals surface area contributed by atoms with Crippen LogP contribution in [0.4, 0.5) is 5.69 Å². The molecule has 0 spiro atoms. The van der Waals surface area contributed by atoms with E-state index in [1.807, 2.05) is 36.4 Å². The fraction of sp³-hybridized carbons (Fsp3) is 0.375. The first-order valence-electron chi connectivity index (χ1n) is 10.3. The molecule has 5 heteroatoms. The highest BCUT2D eigenvalue weighted by atomic mass is 16.1. The van der Waals surface area contributed by atoms with E-state index in [0.717, 1.165) is 31.5 Å². The maximum absolute atomic E-state index is 13.0. The summed E-state index contributed by atoms with van der Waals surface area (Å²) in [6.07, 6.45) is 4.03. The molecule has 2 aromatic carbocycles. The lowest BCUT2D eigenvalue weighted by Gasteiger charge is -2.19. The second-order valence-electron chi connectivity index (χ2n) is 8.81. The molecule has 0 unspecified atom stereocenters. The van der Waals surface area contributed by atoms with Gasteiger partial charge in [-0.2, -0.15) is 0 Å². The number of nitrogens with zero attached hydrogens (tertiary/aromatic N) is 2. The van der Waals surface area contributed by atoms with E-state index in [1.165, 1.54) is 5.56 Å². The molecule has 1 aliphatic heterocycles. The summed E-state index contributed by atoms with van der Waals surface area (Å²) in [6.45, 7) is 7.15. The average Bonchev–Trinajstić information content (AvgIpc) is 2.94. The van der Waals surface area contributed by atoms with Crippen molar-refractivity contribution in [2.45, 2.75) is 58.4 Å². The summed E-state index contributed by atoms with van der Waals surface area (Å²) >= 11 is 0. The molecule has 1 aliphatic rings. The van der Waals surface area contributed by atoms with Crippen LogP contribution in [0.25, 0.3) is 10.9 Å². The van der Waals surface area contributed by atoms with E-state index in [2.05, 4.69) is 26.1 Å². The summed E-state index contributed by atoms with van der Waals surface area (Å²) in [5.74, 6) is 0.684. The number of amides is 1. The number of hydrogen-bond acceptors (Lipinski definition) is 3. The smallest absolute Gasteiger partial charge is 0.261 e. The zero-order valence-electron chi connectivity index (χ0n) is 17.3. The highest BCUT2D eigenvalue weighted by molar-refractivity contribution is 6.05. The second-order valence-corrected chi connectivity index (χ2v) is 8.81. The number of carbonyl (C=O) groups is 1. The van der Waals surface area contributed by atoms with Crippen molar-refractivity contribution in [2.24, 2.45) is 0 Å². The maximum Gasteiger partial charge on any atom is 0.261 e. The quantitative estimate of drug-likeness (QED) is 0.692. The van der Waals surface area contributed by atoms with Crippen molar-refractivity contribution in [2.75, 3.05) is 5.32 Å². The van der Waals surface area contributed by atoms with Gasteiger partial charge >= 0.3 is 0 Å². The molecule has 29 heavy (non-hydrogen) atoms. The van der Waals surface area contributed by atoms with Gasteiger partial charge in [0.05, 0.1) is 10.9 Å². The molecular formula is C24H27N3O2. The van der Waals surface area contributed by atoms with Crippen LogP contribution >= 0.6 is 0 Å². The fourth-order valence-corrected chi connectivity index (χ4v) is 3.82. The SMILES string of the molecule is CC(C)(C)c1ccc(C(=O)Nc2ccc3nc4n(c(=O)c3c2)CCCCC4)cc1. The highest BCUT2D eigenvalue weighted by Gasteiger charge is 2.16. The Balaban J connectivity index is 1.62. The summed E-state index contributed by atoms with van der Waals surface area (Å²) in [7, 11) is 0. The van der Waals surface area contributed by atoms with Gasteiger partial charge in [-0.15, -0.1) is 0 Å². The van der Waals surface area contributed by atoms with E-state index in [4.69, 9.17) is 4.98 Å². The lowest BCUT2D eigenvalue weighted by molar-refractivity contribution is 0.102. The molecule has 150 valence electrons. The monoisotopic (exact) mass is 389 g/mol. The van der Waals surface area contributed by atoms with Crippen LogP contribution in [0.2, 0.25) is 0 Å². The number of carbonyl (C=O) groups excluding carboxylic acids is 1. The Morgan fingerprint density at radius 1 is 1.03 bits per heavy atom. The molecule has 0 saturated carbocycles. The predicted molar refractivity (Wildman–Crippen MR) is 117 cm³/mol. The molecule has 2 heterocycles. The summed E-state index contributed by atoms with van der Waals surface area (Å²) in [6, 6.07) is 13.0. The normalized spacial score (nSPS) is 14.3. The minimum Gasteiger partial charge on any atom is -0.322 e. The van der Waals surface area contributed by atoms with Gasteiger partial charge in [-0.25, -0.2) is 4.98 Å². The number of rotatable bonds is 2. The molecule has 0 bridgehead atoms. The Hall–Kier alpha value is -2.95. The summed E-state index contributed by atoms with van der Waals surface area (Å²) < 4.78 is 1.80. The van der Waals surface area contributed by atoms with Crippen LogP contribution in [0, 0.1) is 0 Å². The first-order valence-corrected chi connectivity index (χ1v) is 10.3. The molecule has 1 aromatic heterocycles. The van der Waals surface area contributed by atoms with E-state index in [-0.39, 0.29) is 16.9 Å². The van der Waals surface area contributed by atoms with Gasteiger partial charge in [0.15, 0.2) is 0 Å². The number of aromatic nitrogens is 2. The Morgan fingerprint density at radius 3 is 2.52 bits per heavy atom. The molecule has 1 N–H and O–H groups in total. The molecule has 0 radical (unpaired) electrons. The van der Waals surface area contributed by atoms with Crippen molar-refractivity contribution in [1.82, 2.24) is 9.55 Å². The number of aryl methyl sites for hydroxylation is 1. The van der Waals surface area contributed by atoms with Gasteiger partial charge in [0.2, 0.25) is 0 Å². The molecule has 4 rings (SSSR count). The van der Waals surface area contributed by atoms with E-state index in [9.17, 15) is 9.59 Å². The molecule has 0 aliphatic carbocycles. The van der Waals surface area contributed by atoms with Crippen LogP contribution in [0.1, 0.15) is 61.8 Å². The van der Waals surface area contributed by atoms with E-state index in [0.29, 0.717) is 28.7 Å². The lowest BCUT2D eigenvalue weighted by Crippen LogP contribution is -2.24. The van der Waals surface area contributed by atoms with Crippen LogP contribution in [-0.2, 0) is 18.4 Å². The predicted octanol–water partition coefficient (Wildman–Crippen LogP) is 4.67. The molecular weight excluding hydrogens is 362 g/mol. The molecule has 3 aromatic rings. The zero-order chi connectivity index (χ0) is 20.6. The van der Waals surface area contributed by atoms with Crippen LogP contribution < -0.4 is 10.9 Å². The number of benzene rings is 2. The number of nitrogens with one attached hydrogen (secondary N) is 1. The number of fused-ring (bicyclic) bond motifs is 2. The van der Waals surface area contributed by atoms with Gasteiger partial charge in [0.1, 0.15) is 5.82 Å². The van der Waals surface area contributed by atoms with Crippen LogP contribution in [0.5, 0.6) is 0 Å². The van der Waals surface area contributed by atoms with Crippen LogP contribution in [0.3, 0.4) is 0 Å². The topological polar surface area (TPSA) is 64.0 Å². The number of anilines is 1. The van der Waals surface area contributed by atoms with Crippen molar-refractivity contribution in [3.63, 3.8) is 0 Å². The van der Waals surface area contributed by atoms with Crippen LogP contribution in [-0.4, -0.2) is 15.5 Å². The molecule has 1 amide bonds. The van der Waals surface area contributed by atoms with Gasteiger partial charge in [-0.3, -0.25) is 14.2 Å². The van der Waals surface area contributed by atoms with Gasteiger partial charge < -0.3 is 5.32 Å². The largest absolute Gasteiger partial charge is 0.322 e. The fourth-order valence-electron chi connectivity index (χ4n) is 3.82.